The SMILES string of the molecule is CCOc1ncccc1NCc1cn(CCCO)nn1. The molecule has 2 aromatic rings. The van der Waals surface area contributed by atoms with Crippen LogP contribution in [0.1, 0.15) is 19.0 Å². The predicted octanol–water partition coefficient (Wildman–Crippen LogP) is 1.07. The number of aromatic nitrogens is 4. The minimum absolute atomic E-state index is 0.154. The zero-order valence-electron chi connectivity index (χ0n) is 11.5. The average molecular weight is 277 g/mol. The topological polar surface area (TPSA) is 85.1 Å². The van der Waals surface area contributed by atoms with Gasteiger partial charge in [-0.15, -0.1) is 5.10 Å². The van der Waals surface area contributed by atoms with Gasteiger partial charge in [-0.3, -0.25) is 4.68 Å². The van der Waals surface area contributed by atoms with Gasteiger partial charge in [0.25, 0.3) is 0 Å². The van der Waals surface area contributed by atoms with Crippen molar-refractivity contribution in [2.75, 3.05) is 18.5 Å². The Bertz CT molecular complexity index is 529. The summed E-state index contributed by atoms with van der Waals surface area (Å²) in [6.45, 7) is 3.86. The van der Waals surface area contributed by atoms with Crippen molar-refractivity contribution in [3.8, 4) is 5.88 Å². The average Bonchev–Trinajstić information content (AvgIpc) is 2.92. The Morgan fingerprint density at radius 2 is 2.35 bits per heavy atom. The Balaban J connectivity index is 1.93. The Labute approximate surface area is 117 Å². The molecule has 0 atom stereocenters. The number of aliphatic hydroxyl groups excluding tert-OH is 1. The molecule has 0 radical (unpaired) electrons. The third kappa shape index (κ3) is 3.92. The summed E-state index contributed by atoms with van der Waals surface area (Å²) in [4.78, 5) is 4.17. The number of rotatable bonds is 8. The lowest BCUT2D eigenvalue weighted by Crippen LogP contribution is -2.04. The lowest BCUT2D eigenvalue weighted by atomic mass is 10.3. The van der Waals surface area contributed by atoms with Crippen molar-refractivity contribution >= 4 is 5.69 Å². The first kappa shape index (κ1) is 14.3. The molecule has 7 nitrogen and oxygen atoms in total. The number of pyridine rings is 1. The van der Waals surface area contributed by atoms with Crippen LogP contribution in [0.25, 0.3) is 0 Å². The van der Waals surface area contributed by atoms with Crippen LogP contribution in [-0.2, 0) is 13.1 Å². The van der Waals surface area contributed by atoms with E-state index in [4.69, 9.17) is 9.84 Å². The second-order valence-corrected chi connectivity index (χ2v) is 4.19. The molecule has 0 amide bonds. The molecular formula is C13H19N5O2. The Kier molecular flexibility index (Phi) is 5.31. The minimum Gasteiger partial charge on any atom is -0.476 e. The van der Waals surface area contributed by atoms with E-state index in [1.165, 1.54) is 0 Å². The number of hydrogen-bond donors (Lipinski definition) is 2. The number of anilines is 1. The lowest BCUT2D eigenvalue weighted by Gasteiger charge is -2.09. The Morgan fingerprint density at radius 3 is 3.15 bits per heavy atom. The third-order valence-corrected chi connectivity index (χ3v) is 2.64. The van der Waals surface area contributed by atoms with Crippen LogP contribution < -0.4 is 10.1 Å². The van der Waals surface area contributed by atoms with Gasteiger partial charge in [-0.2, -0.15) is 0 Å². The highest BCUT2D eigenvalue weighted by Gasteiger charge is 2.05. The highest BCUT2D eigenvalue weighted by atomic mass is 16.5. The molecule has 0 spiro atoms. The molecule has 0 saturated heterocycles. The first-order valence-corrected chi connectivity index (χ1v) is 6.65. The first-order valence-electron chi connectivity index (χ1n) is 6.65. The first-order chi connectivity index (χ1) is 9.83. The normalized spacial score (nSPS) is 10.5. The van der Waals surface area contributed by atoms with Gasteiger partial charge in [0.15, 0.2) is 0 Å². The molecule has 2 N–H and O–H groups in total. The van der Waals surface area contributed by atoms with Crippen LogP contribution in [0.3, 0.4) is 0 Å². The summed E-state index contributed by atoms with van der Waals surface area (Å²) in [5.41, 5.74) is 1.66. The number of ether oxygens (including phenoxy) is 1. The molecule has 2 rings (SSSR count). The monoisotopic (exact) mass is 277 g/mol. The molecule has 0 unspecified atom stereocenters. The van der Waals surface area contributed by atoms with Crippen molar-refractivity contribution in [2.24, 2.45) is 0 Å². The van der Waals surface area contributed by atoms with Gasteiger partial charge in [0.1, 0.15) is 5.69 Å². The molecule has 0 fully saturated rings. The van der Waals surface area contributed by atoms with Gasteiger partial charge in [-0.25, -0.2) is 4.98 Å². The molecule has 0 aromatic carbocycles. The third-order valence-electron chi connectivity index (χ3n) is 2.64. The van der Waals surface area contributed by atoms with Gasteiger partial charge in [0.2, 0.25) is 5.88 Å². The molecule has 0 bridgehead atoms. The van der Waals surface area contributed by atoms with E-state index in [-0.39, 0.29) is 6.61 Å². The van der Waals surface area contributed by atoms with Crippen molar-refractivity contribution < 1.29 is 9.84 Å². The molecule has 108 valence electrons. The smallest absolute Gasteiger partial charge is 0.237 e. The summed E-state index contributed by atoms with van der Waals surface area (Å²) in [5.74, 6) is 0.586. The van der Waals surface area contributed by atoms with Crippen LogP contribution in [0, 0.1) is 0 Å². The van der Waals surface area contributed by atoms with Gasteiger partial charge in [-0.05, 0) is 25.5 Å². The number of hydrogen-bond acceptors (Lipinski definition) is 6. The maximum atomic E-state index is 8.77. The van der Waals surface area contributed by atoms with Gasteiger partial charge in [0, 0.05) is 19.3 Å². The van der Waals surface area contributed by atoms with Crippen LogP contribution in [0.15, 0.2) is 24.5 Å². The van der Waals surface area contributed by atoms with E-state index in [1.54, 1.807) is 10.9 Å². The number of aliphatic hydroxyl groups is 1. The summed E-state index contributed by atoms with van der Waals surface area (Å²) in [6.07, 6.45) is 4.23. The van der Waals surface area contributed by atoms with E-state index >= 15 is 0 Å². The highest BCUT2D eigenvalue weighted by Crippen LogP contribution is 2.20. The fourth-order valence-corrected chi connectivity index (χ4v) is 1.72. The van der Waals surface area contributed by atoms with Crippen molar-refractivity contribution in [2.45, 2.75) is 26.4 Å². The second-order valence-electron chi connectivity index (χ2n) is 4.19. The van der Waals surface area contributed by atoms with Crippen molar-refractivity contribution in [1.82, 2.24) is 20.0 Å². The number of nitrogens with zero attached hydrogens (tertiary/aromatic N) is 4. The largest absolute Gasteiger partial charge is 0.476 e. The van der Waals surface area contributed by atoms with E-state index in [2.05, 4.69) is 20.6 Å². The molecular weight excluding hydrogens is 258 g/mol. The van der Waals surface area contributed by atoms with E-state index in [9.17, 15) is 0 Å². The fourth-order valence-electron chi connectivity index (χ4n) is 1.72. The Morgan fingerprint density at radius 1 is 1.45 bits per heavy atom. The van der Waals surface area contributed by atoms with Gasteiger partial charge >= 0.3 is 0 Å². The van der Waals surface area contributed by atoms with Gasteiger partial charge in [0.05, 0.1) is 25.0 Å². The zero-order valence-corrected chi connectivity index (χ0v) is 11.5. The van der Waals surface area contributed by atoms with E-state index in [0.29, 0.717) is 32.0 Å². The van der Waals surface area contributed by atoms with E-state index in [1.807, 2.05) is 25.3 Å². The maximum absolute atomic E-state index is 8.77. The van der Waals surface area contributed by atoms with Crippen molar-refractivity contribution in [3.05, 3.63) is 30.2 Å². The molecule has 2 heterocycles. The van der Waals surface area contributed by atoms with Gasteiger partial charge < -0.3 is 15.2 Å². The summed E-state index contributed by atoms with van der Waals surface area (Å²) in [7, 11) is 0. The van der Waals surface area contributed by atoms with Gasteiger partial charge in [-0.1, -0.05) is 5.21 Å². The lowest BCUT2D eigenvalue weighted by molar-refractivity contribution is 0.276. The van der Waals surface area contributed by atoms with E-state index < -0.39 is 0 Å². The quantitative estimate of drug-likeness (QED) is 0.750. The second kappa shape index (κ2) is 7.44. The summed E-state index contributed by atoms with van der Waals surface area (Å²) >= 11 is 0. The maximum Gasteiger partial charge on any atom is 0.237 e. The van der Waals surface area contributed by atoms with Crippen LogP contribution in [-0.4, -0.2) is 38.3 Å². The standard InChI is InChI=1S/C13H19N5O2/c1-2-20-13-12(5-3-6-14-13)15-9-11-10-18(17-16-11)7-4-8-19/h3,5-6,10,15,19H,2,4,7-9H2,1H3. The molecule has 7 heteroatoms. The zero-order chi connectivity index (χ0) is 14.2. The minimum atomic E-state index is 0.154. The van der Waals surface area contributed by atoms with Crippen LogP contribution in [0.2, 0.25) is 0 Å². The summed E-state index contributed by atoms with van der Waals surface area (Å²) < 4.78 is 7.16. The van der Waals surface area contributed by atoms with E-state index in [0.717, 1.165) is 11.4 Å². The van der Waals surface area contributed by atoms with Crippen LogP contribution >= 0.6 is 0 Å². The molecule has 2 aromatic heterocycles. The number of nitrogens with one attached hydrogen (secondary N) is 1. The summed E-state index contributed by atoms with van der Waals surface area (Å²) in [5, 5.41) is 20.1. The number of aryl methyl sites for hydroxylation is 1. The predicted molar refractivity (Wildman–Crippen MR) is 74.5 cm³/mol. The highest BCUT2D eigenvalue weighted by molar-refractivity contribution is 5.52. The van der Waals surface area contributed by atoms with Crippen molar-refractivity contribution in [3.63, 3.8) is 0 Å². The molecule has 0 saturated carbocycles. The molecule has 20 heavy (non-hydrogen) atoms. The molecule has 0 aliphatic heterocycles. The summed E-state index contributed by atoms with van der Waals surface area (Å²) in [6, 6.07) is 3.76. The fraction of sp³-hybridized carbons (Fsp3) is 0.462. The molecule has 0 aliphatic carbocycles. The van der Waals surface area contributed by atoms with Crippen molar-refractivity contribution in [1.29, 1.82) is 0 Å². The molecule has 0 aliphatic rings. The Hall–Kier alpha value is -2.15. The van der Waals surface area contributed by atoms with Crippen LogP contribution in [0.5, 0.6) is 5.88 Å². The van der Waals surface area contributed by atoms with Crippen LogP contribution in [0.4, 0.5) is 5.69 Å².